The lowest BCUT2D eigenvalue weighted by Crippen LogP contribution is -2.40. The molecule has 4 aliphatic rings. The Hall–Kier alpha value is -4.18. The molecule has 42 heavy (non-hydrogen) atoms. The molecule has 0 spiro atoms. The molecule has 1 heterocycles. The van der Waals surface area contributed by atoms with Crippen molar-refractivity contribution in [2.75, 3.05) is 20.8 Å². The molecule has 3 aliphatic carbocycles. The average molecular weight is 634 g/mol. The number of imide groups is 1. The zero-order chi connectivity index (χ0) is 29.9. The molecule has 2 aromatic rings. The lowest BCUT2D eigenvalue weighted by molar-refractivity contribution is -0.140. The first-order chi connectivity index (χ1) is 20.1. The number of Topliss-reactive ketones (excluding diaryl/α,β-unsaturated/α-hetero) is 1. The summed E-state index contributed by atoms with van der Waals surface area (Å²) in [5, 5.41) is 19.9. The van der Waals surface area contributed by atoms with Crippen LogP contribution in [0.2, 0.25) is 0 Å². The van der Waals surface area contributed by atoms with Crippen molar-refractivity contribution in [1.82, 2.24) is 4.90 Å². The number of ketones is 2. The van der Waals surface area contributed by atoms with Crippen molar-refractivity contribution < 1.29 is 38.9 Å². The molecule has 2 N–H and O–H groups in total. The van der Waals surface area contributed by atoms with Gasteiger partial charge in [0.2, 0.25) is 11.8 Å². The van der Waals surface area contributed by atoms with Gasteiger partial charge in [0.25, 0.3) is 0 Å². The van der Waals surface area contributed by atoms with E-state index in [9.17, 15) is 29.4 Å². The van der Waals surface area contributed by atoms with E-state index in [2.05, 4.69) is 15.9 Å². The van der Waals surface area contributed by atoms with E-state index in [0.29, 0.717) is 24.0 Å². The summed E-state index contributed by atoms with van der Waals surface area (Å²) in [6, 6.07) is 9.47. The predicted octanol–water partition coefficient (Wildman–Crippen LogP) is 4.12. The van der Waals surface area contributed by atoms with Gasteiger partial charge >= 0.3 is 0 Å². The molecule has 2 amide bonds. The van der Waals surface area contributed by atoms with Crippen molar-refractivity contribution >= 4 is 39.3 Å². The maximum atomic E-state index is 14.0. The number of amides is 2. The lowest BCUT2D eigenvalue weighted by Gasteiger charge is -2.42. The fraction of sp³-hybridized carbons (Fsp3) is 0.312. The van der Waals surface area contributed by atoms with Crippen LogP contribution in [-0.4, -0.2) is 59.3 Å². The Balaban J connectivity index is 1.44. The van der Waals surface area contributed by atoms with Gasteiger partial charge in [0.15, 0.2) is 11.6 Å². The number of phenols is 2. The minimum atomic E-state index is -0.785. The van der Waals surface area contributed by atoms with Crippen LogP contribution < -0.4 is 9.47 Å². The quantitative estimate of drug-likeness (QED) is 0.276. The van der Waals surface area contributed by atoms with E-state index >= 15 is 0 Å². The normalized spacial score (nSPS) is 25.1. The molecule has 10 heteroatoms. The summed E-state index contributed by atoms with van der Waals surface area (Å²) < 4.78 is 11.4. The zero-order valence-electron chi connectivity index (χ0n) is 22.9. The number of rotatable bonds is 6. The molecule has 1 saturated heterocycles. The zero-order valence-corrected chi connectivity index (χ0v) is 24.5. The Labute approximate surface area is 250 Å². The number of methoxy groups -OCH3 is 2. The minimum absolute atomic E-state index is 0.0961. The highest BCUT2D eigenvalue weighted by Crippen LogP contribution is 2.58. The Morgan fingerprint density at radius 3 is 2.24 bits per heavy atom. The number of benzene rings is 2. The minimum Gasteiger partial charge on any atom is -0.508 e. The van der Waals surface area contributed by atoms with Crippen LogP contribution in [0.4, 0.5) is 0 Å². The summed E-state index contributed by atoms with van der Waals surface area (Å²) in [5.41, 5.74) is 2.68. The second-order valence-electron chi connectivity index (χ2n) is 10.9. The molecule has 1 aliphatic heterocycles. The van der Waals surface area contributed by atoms with Gasteiger partial charge in [-0.1, -0.05) is 23.8 Å². The number of allylic oxidation sites excluding steroid dienone is 6. The second-order valence-corrected chi connectivity index (χ2v) is 11.8. The summed E-state index contributed by atoms with van der Waals surface area (Å²) in [6.45, 7) is 0.195. The van der Waals surface area contributed by atoms with Gasteiger partial charge in [-0.2, -0.15) is 0 Å². The SMILES string of the molecule is COc1cc(O)cc(OC)c1[C@H]1C2=CC[C@@H]3C(=O)N(CCc4ccc(O)cc4)C(=O)[C@@H]3[C@@H]2CC2=C1C(=O)C=C(Br)C2=O. The first-order valence-corrected chi connectivity index (χ1v) is 14.4. The highest BCUT2D eigenvalue weighted by Gasteiger charge is 2.56. The van der Waals surface area contributed by atoms with Crippen LogP contribution in [0, 0.1) is 17.8 Å². The van der Waals surface area contributed by atoms with Crippen LogP contribution in [0.3, 0.4) is 0 Å². The fourth-order valence-electron chi connectivity index (χ4n) is 6.94. The number of hydrogen-bond donors (Lipinski definition) is 2. The fourth-order valence-corrected chi connectivity index (χ4v) is 7.38. The summed E-state index contributed by atoms with van der Waals surface area (Å²) >= 11 is 3.24. The molecule has 6 rings (SSSR count). The Morgan fingerprint density at radius 2 is 1.60 bits per heavy atom. The van der Waals surface area contributed by atoms with Gasteiger partial charge in [0, 0.05) is 47.4 Å². The molecule has 0 unspecified atom stereocenters. The number of carbonyl (C=O) groups is 4. The molecule has 1 fully saturated rings. The van der Waals surface area contributed by atoms with Crippen LogP contribution in [-0.2, 0) is 25.6 Å². The molecule has 0 aromatic heterocycles. The highest BCUT2D eigenvalue weighted by atomic mass is 79.9. The van der Waals surface area contributed by atoms with Crippen molar-refractivity contribution in [2.24, 2.45) is 17.8 Å². The molecular formula is C32H28BrNO8. The van der Waals surface area contributed by atoms with Crippen LogP contribution in [0.25, 0.3) is 0 Å². The van der Waals surface area contributed by atoms with E-state index in [1.165, 1.54) is 37.3 Å². The summed E-state index contributed by atoms with van der Waals surface area (Å²) in [7, 11) is 2.88. The number of nitrogens with zero attached hydrogens (tertiary/aromatic N) is 1. The predicted molar refractivity (Wildman–Crippen MR) is 154 cm³/mol. The van der Waals surface area contributed by atoms with Crippen LogP contribution >= 0.6 is 15.9 Å². The number of carbonyl (C=O) groups excluding carboxylic acids is 4. The number of hydrogen-bond acceptors (Lipinski definition) is 8. The molecule has 216 valence electrons. The van der Waals surface area contributed by atoms with Crippen molar-refractivity contribution in [3.63, 3.8) is 0 Å². The third-order valence-corrected chi connectivity index (χ3v) is 9.39. The Bertz CT molecular complexity index is 1610. The molecule has 4 atom stereocenters. The van der Waals surface area contributed by atoms with Gasteiger partial charge in [-0.25, -0.2) is 0 Å². The number of phenolic OH excluding ortho intramolecular Hbond substituents is 2. The number of halogens is 1. The van der Waals surface area contributed by atoms with Gasteiger partial charge in [-0.05, 0) is 58.8 Å². The topological polar surface area (TPSA) is 130 Å². The maximum absolute atomic E-state index is 14.0. The smallest absolute Gasteiger partial charge is 0.233 e. The van der Waals surface area contributed by atoms with Gasteiger partial charge in [0.05, 0.1) is 30.5 Å². The van der Waals surface area contributed by atoms with Crippen molar-refractivity contribution in [3.8, 4) is 23.0 Å². The Morgan fingerprint density at radius 1 is 0.929 bits per heavy atom. The molecule has 0 bridgehead atoms. The van der Waals surface area contributed by atoms with Crippen LogP contribution in [0.15, 0.2) is 69.8 Å². The number of aromatic hydroxyl groups is 2. The van der Waals surface area contributed by atoms with E-state index < -0.39 is 23.7 Å². The molecule has 2 aromatic carbocycles. The number of ether oxygens (including phenoxy) is 2. The van der Waals surface area contributed by atoms with E-state index in [-0.39, 0.29) is 69.4 Å². The molecule has 9 nitrogen and oxygen atoms in total. The summed E-state index contributed by atoms with van der Waals surface area (Å²) in [6.07, 6.45) is 4.06. The highest BCUT2D eigenvalue weighted by molar-refractivity contribution is 9.12. The average Bonchev–Trinajstić information content (AvgIpc) is 3.23. The largest absolute Gasteiger partial charge is 0.508 e. The first-order valence-electron chi connectivity index (χ1n) is 13.6. The van der Waals surface area contributed by atoms with E-state index in [1.54, 1.807) is 24.3 Å². The van der Waals surface area contributed by atoms with Gasteiger partial charge in [0.1, 0.15) is 23.0 Å². The summed E-state index contributed by atoms with van der Waals surface area (Å²) in [5.74, 6) is -3.22. The molecule has 0 saturated carbocycles. The monoisotopic (exact) mass is 633 g/mol. The van der Waals surface area contributed by atoms with E-state index in [4.69, 9.17) is 9.47 Å². The summed E-state index contributed by atoms with van der Waals surface area (Å²) in [4.78, 5) is 55.8. The van der Waals surface area contributed by atoms with Crippen molar-refractivity contribution in [1.29, 1.82) is 0 Å². The van der Waals surface area contributed by atoms with Gasteiger partial charge in [-0.15, -0.1) is 0 Å². The maximum Gasteiger partial charge on any atom is 0.233 e. The van der Waals surface area contributed by atoms with E-state index in [1.807, 2.05) is 6.08 Å². The first kappa shape index (κ1) is 28.0. The third kappa shape index (κ3) is 4.36. The Kier molecular flexibility index (Phi) is 7.04. The number of likely N-dealkylation sites (tertiary alicyclic amines) is 1. The third-order valence-electron chi connectivity index (χ3n) is 8.80. The number of fused-ring (bicyclic) bond motifs is 3. The van der Waals surface area contributed by atoms with Crippen LogP contribution in [0.1, 0.15) is 29.9 Å². The lowest BCUT2D eigenvalue weighted by atomic mass is 9.59. The standard InChI is InChI=1S/C32H28BrNO8/c1-41-24-11-17(36)12-25(42-2)29(24)28-18-7-8-19-26(20(18)13-21-27(28)23(37)14-22(33)30(21)38)32(40)34(31(19)39)10-9-15-3-5-16(35)6-4-15/h3-7,11-12,14,19-20,26,28,35-36H,8-10,13H2,1-2H3/t19-,20+,26-,28-/m0/s1. The second kappa shape index (κ2) is 10.6. The van der Waals surface area contributed by atoms with Crippen LogP contribution in [0.5, 0.6) is 23.0 Å². The van der Waals surface area contributed by atoms with Crippen molar-refractivity contribution in [3.05, 3.63) is 80.9 Å². The van der Waals surface area contributed by atoms with Gasteiger partial charge in [-0.3, -0.25) is 24.1 Å². The van der Waals surface area contributed by atoms with Gasteiger partial charge < -0.3 is 19.7 Å². The van der Waals surface area contributed by atoms with Crippen molar-refractivity contribution in [2.45, 2.75) is 25.2 Å². The molecular weight excluding hydrogens is 606 g/mol. The molecule has 0 radical (unpaired) electrons. The van der Waals surface area contributed by atoms with E-state index in [0.717, 1.165) is 11.1 Å².